The van der Waals surface area contributed by atoms with Crippen LogP contribution in [0.25, 0.3) is 11.4 Å². The summed E-state index contributed by atoms with van der Waals surface area (Å²) in [5, 5.41) is 8.79. The molecular formula is C24H28N4O4S2. The first-order valence-electron chi connectivity index (χ1n) is 11.7. The van der Waals surface area contributed by atoms with E-state index in [1.54, 1.807) is 11.4 Å². The number of carbonyl (C=O) groups excluding carboxylic acids is 1. The van der Waals surface area contributed by atoms with Crippen LogP contribution >= 0.6 is 11.3 Å². The number of aryl methyl sites for hydroxylation is 1. The molecule has 5 rings (SSSR count). The van der Waals surface area contributed by atoms with Crippen LogP contribution in [0.2, 0.25) is 0 Å². The van der Waals surface area contributed by atoms with Crippen molar-refractivity contribution in [3.63, 3.8) is 0 Å². The van der Waals surface area contributed by atoms with Gasteiger partial charge >= 0.3 is 0 Å². The first-order chi connectivity index (χ1) is 16.4. The average molecular weight is 501 g/mol. The molecule has 2 fully saturated rings. The van der Waals surface area contributed by atoms with Crippen molar-refractivity contribution >= 4 is 27.3 Å². The molecule has 1 aromatic carbocycles. The Labute approximate surface area is 203 Å². The number of hydrogen-bond acceptors (Lipinski definition) is 7. The Morgan fingerprint density at radius 3 is 2.71 bits per heavy atom. The van der Waals surface area contributed by atoms with Crippen molar-refractivity contribution in [2.75, 3.05) is 13.1 Å². The van der Waals surface area contributed by atoms with E-state index in [4.69, 9.17) is 4.52 Å². The van der Waals surface area contributed by atoms with Crippen molar-refractivity contribution in [3.8, 4) is 11.4 Å². The molecular weight excluding hydrogens is 472 g/mol. The van der Waals surface area contributed by atoms with E-state index < -0.39 is 10.0 Å². The van der Waals surface area contributed by atoms with E-state index in [2.05, 4.69) is 15.5 Å². The number of nitrogens with zero attached hydrogens (tertiary/aromatic N) is 3. The molecule has 0 radical (unpaired) electrons. The number of thiophene rings is 1. The second-order valence-corrected chi connectivity index (χ2v) is 12.2. The summed E-state index contributed by atoms with van der Waals surface area (Å²) in [6.45, 7) is 3.15. The fourth-order valence-corrected chi connectivity index (χ4v) is 7.16. The lowest BCUT2D eigenvalue weighted by molar-refractivity contribution is -0.126. The Morgan fingerprint density at radius 2 is 2.00 bits per heavy atom. The van der Waals surface area contributed by atoms with E-state index in [9.17, 15) is 13.2 Å². The average Bonchev–Trinajstić information content (AvgIpc) is 3.47. The van der Waals surface area contributed by atoms with Crippen LogP contribution in [-0.2, 0) is 21.4 Å². The molecule has 2 aliphatic rings. The minimum absolute atomic E-state index is 0.0173. The molecule has 1 aliphatic heterocycles. The Balaban J connectivity index is 1.17. The van der Waals surface area contributed by atoms with Crippen molar-refractivity contribution in [2.24, 2.45) is 5.92 Å². The van der Waals surface area contributed by atoms with Crippen molar-refractivity contribution in [2.45, 2.75) is 55.7 Å². The maximum atomic E-state index is 13.2. The molecule has 1 amide bonds. The Morgan fingerprint density at radius 1 is 1.21 bits per heavy atom. The van der Waals surface area contributed by atoms with E-state index in [1.807, 2.05) is 31.2 Å². The molecule has 8 nitrogen and oxygen atoms in total. The number of carbonyl (C=O) groups is 1. The number of hydrogen-bond donors (Lipinski definition) is 1. The summed E-state index contributed by atoms with van der Waals surface area (Å²) < 4.78 is 33.5. The van der Waals surface area contributed by atoms with Gasteiger partial charge in [-0.15, -0.1) is 11.3 Å². The van der Waals surface area contributed by atoms with E-state index in [0.717, 1.165) is 24.0 Å². The summed E-state index contributed by atoms with van der Waals surface area (Å²) in [5.41, 5.74) is 2.87. The van der Waals surface area contributed by atoms with Crippen LogP contribution in [0.4, 0.5) is 0 Å². The highest BCUT2D eigenvalue weighted by Crippen LogP contribution is 2.37. The SMILES string of the molecule is Cc1cccc(CNC(=O)C2CCN(S(=O)(=O)c3cc(-c4noc(C5CCC5)n4)cs3)CC2)c1. The third kappa shape index (κ3) is 4.80. The van der Waals surface area contributed by atoms with Crippen LogP contribution < -0.4 is 5.32 Å². The minimum Gasteiger partial charge on any atom is -0.352 e. The quantitative estimate of drug-likeness (QED) is 0.524. The maximum absolute atomic E-state index is 13.2. The van der Waals surface area contributed by atoms with Gasteiger partial charge in [0, 0.05) is 42.4 Å². The van der Waals surface area contributed by atoms with Gasteiger partial charge in [0.05, 0.1) is 0 Å². The third-order valence-electron chi connectivity index (χ3n) is 6.70. The lowest BCUT2D eigenvalue weighted by Crippen LogP contribution is -2.42. The first-order valence-corrected chi connectivity index (χ1v) is 14.0. The van der Waals surface area contributed by atoms with Crippen LogP contribution in [0.15, 0.2) is 44.4 Å². The molecule has 0 unspecified atom stereocenters. The summed E-state index contributed by atoms with van der Waals surface area (Å²) in [4.78, 5) is 17.1. The van der Waals surface area contributed by atoms with Crippen LogP contribution in [0.1, 0.15) is 55.0 Å². The van der Waals surface area contributed by atoms with Crippen molar-refractivity contribution in [1.82, 2.24) is 19.8 Å². The van der Waals surface area contributed by atoms with E-state index in [-0.39, 0.29) is 16.0 Å². The number of rotatable bonds is 7. The summed E-state index contributed by atoms with van der Waals surface area (Å²) >= 11 is 1.17. The molecule has 1 aliphatic carbocycles. The third-order valence-corrected chi connectivity index (χ3v) is 10.0. The van der Waals surface area contributed by atoms with Gasteiger partial charge in [-0.25, -0.2) is 8.42 Å². The van der Waals surface area contributed by atoms with Crippen LogP contribution in [0, 0.1) is 12.8 Å². The molecule has 1 N–H and O–H groups in total. The van der Waals surface area contributed by atoms with Gasteiger partial charge in [-0.05, 0) is 44.2 Å². The van der Waals surface area contributed by atoms with Gasteiger partial charge in [0.2, 0.25) is 17.6 Å². The van der Waals surface area contributed by atoms with Crippen molar-refractivity contribution < 1.29 is 17.7 Å². The zero-order chi connectivity index (χ0) is 23.7. The smallest absolute Gasteiger partial charge is 0.252 e. The number of amides is 1. The second-order valence-electron chi connectivity index (χ2n) is 9.12. The highest BCUT2D eigenvalue weighted by molar-refractivity contribution is 7.91. The molecule has 0 spiro atoms. The lowest BCUT2D eigenvalue weighted by Gasteiger charge is -2.30. The number of sulfonamides is 1. The van der Waals surface area contributed by atoms with Crippen LogP contribution in [0.5, 0.6) is 0 Å². The number of nitrogens with one attached hydrogen (secondary N) is 1. The van der Waals surface area contributed by atoms with Crippen LogP contribution in [-0.4, -0.2) is 41.9 Å². The first kappa shape index (κ1) is 23.2. The zero-order valence-corrected chi connectivity index (χ0v) is 20.7. The van der Waals surface area contributed by atoms with Gasteiger partial charge in [-0.1, -0.05) is 41.4 Å². The molecule has 3 heterocycles. The van der Waals surface area contributed by atoms with Gasteiger partial charge < -0.3 is 9.84 Å². The summed E-state index contributed by atoms with van der Waals surface area (Å²) in [6, 6.07) is 9.65. The van der Waals surface area contributed by atoms with E-state index >= 15 is 0 Å². The predicted molar refractivity (Wildman–Crippen MR) is 129 cm³/mol. The number of benzene rings is 1. The second kappa shape index (κ2) is 9.59. The monoisotopic (exact) mass is 500 g/mol. The predicted octanol–water partition coefficient (Wildman–Crippen LogP) is 4.09. The highest BCUT2D eigenvalue weighted by Gasteiger charge is 2.33. The summed E-state index contributed by atoms with van der Waals surface area (Å²) in [5.74, 6) is 1.21. The molecule has 0 atom stereocenters. The van der Waals surface area contributed by atoms with Crippen molar-refractivity contribution in [3.05, 3.63) is 52.7 Å². The molecule has 1 saturated carbocycles. The van der Waals surface area contributed by atoms with Gasteiger partial charge in [0.1, 0.15) is 4.21 Å². The topological polar surface area (TPSA) is 105 Å². The normalized spacial score (nSPS) is 18.0. The Hall–Kier alpha value is -2.56. The minimum atomic E-state index is -3.63. The number of aromatic nitrogens is 2. The molecule has 2 aromatic heterocycles. The fraction of sp³-hybridized carbons (Fsp3) is 0.458. The number of piperidine rings is 1. The lowest BCUT2D eigenvalue weighted by atomic mass is 9.85. The van der Waals surface area contributed by atoms with E-state index in [0.29, 0.717) is 55.7 Å². The highest BCUT2D eigenvalue weighted by atomic mass is 32.2. The van der Waals surface area contributed by atoms with Gasteiger partial charge in [-0.3, -0.25) is 4.79 Å². The maximum Gasteiger partial charge on any atom is 0.252 e. The van der Waals surface area contributed by atoms with Gasteiger partial charge in [-0.2, -0.15) is 9.29 Å². The summed E-state index contributed by atoms with van der Waals surface area (Å²) in [6.07, 6.45) is 4.31. The molecule has 1 saturated heterocycles. The fourth-order valence-electron chi connectivity index (χ4n) is 4.38. The van der Waals surface area contributed by atoms with E-state index in [1.165, 1.54) is 22.1 Å². The molecule has 180 valence electrons. The summed E-state index contributed by atoms with van der Waals surface area (Å²) in [7, 11) is -3.63. The molecule has 0 bridgehead atoms. The zero-order valence-electron chi connectivity index (χ0n) is 19.1. The van der Waals surface area contributed by atoms with Gasteiger partial charge in [0.15, 0.2) is 0 Å². The van der Waals surface area contributed by atoms with Crippen molar-refractivity contribution in [1.29, 1.82) is 0 Å². The Kier molecular flexibility index (Phi) is 6.54. The Bertz CT molecular complexity index is 1270. The standard InChI is InChI=1S/C24H28N4O4S2/c1-16-4-2-5-17(12-16)14-25-23(29)18-8-10-28(11-9-18)34(30,31)21-13-20(15-33-21)22-26-24(32-27-22)19-6-3-7-19/h2,4-5,12-13,15,18-19H,3,6-11,14H2,1H3,(H,25,29). The molecule has 3 aromatic rings. The molecule has 34 heavy (non-hydrogen) atoms. The van der Waals surface area contributed by atoms with Crippen LogP contribution in [0.3, 0.4) is 0 Å². The molecule has 10 heteroatoms. The largest absolute Gasteiger partial charge is 0.352 e. The van der Waals surface area contributed by atoms with Gasteiger partial charge in [0.25, 0.3) is 10.0 Å².